The summed E-state index contributed by atoms with van der Waals surface area (Å²) in [5, 5.41) is 0. The zero-order valence-corrected chi connectivity index (χ0v) is 50.1. The van der Waals surface area contributed by atoms with Gasteiger partial charge in [0, 0.05) is 67.0 Å². The van der Waals surface area contributed by atoms with Crippen LogP contribution in [0.25, 0.3) is 66.8 Å². The topological polar surface area (TPSA) is 24.9 Å². The van der Waals surface area contributed by atoms with Gasteiger partial charge in [-0.25, -0.2) is 0 Å². The number of hydrogen-bond donors (Lipinski definition) is 0. The minimum atomic E-state index is -0.407. The zero-order chi connectivity index (χ0) is 59.5. The Morgan fingerprint density at radius 2 is 0.618 bits per heavy atom. The molecule has 13 aromatic rings. The maximum Gasteiger partial charge on any atom is 0.252 e. The summed E-state index contributed by atoms with van der Waals surface area (Å²) in [6.45, 7) is 9.13. The van der Waals surface area contributed by atoms with E-state index in [-0.39, 0.29) is 12.1 Å². The van der Waals surface area contributed by atoms with Gasteiger partial charge in [-0.2, -0.15) is 0 Å². The molecule has 0 unspecified atom stereocenters. The number of benzene rings is 13. The van der Waals surface area contributed by atoms with Crippen molar-refractivity contribution in [3.8, 4) is 89.8 Å². The highest BCUT2D eigenvalue weighted by Gasteiger charge is 2.47. The number of nitrogens with zero attached hydrogens (tertiary/aromatic N) is 2. The van der Waals surface area contributed by atoms with Crippen molar-refractivity contribution in [3.05, 3.63) is 320 Å². The number of ether oxygens (including phenoxy) is 2. The van der Waals surface area contributed by atoms with Crippen LogP contribution in [0.3, 0.4) is 0 Å². The molecule has 0 aliphatic carbocycles. The van der Waals surface area contributed by atoms with Gasteiger partial charge in [-0.05, 0) is 151 Å². The molecule has 0 saturated heterocycles. The summed E-state index contributed by atoms with van der Waals surface area (Å²) in [4.78, 5) is 5.21. The Hall–Kier alpha value is -10.9. The van der Waals surface area contributed by atoms with E-state index in [4.69, 9.17) is 9.47 Å². The molecule has 4 heterocycles. The molecule has 0 radical (unpaired) electrons. The minimum Gasteiger partial charge on any atom is -0.457 e. The molecule has 0 N–H and O–H groups in total. The third kappa shape index (κ3) is 8.44. The lowest BCUT2D eigenvalue weighted by atomic mass is 9.33. The predicted octanol–water partition coefficient (Wildman–Crippen LogP) is 20.6. The molecule has 0 amide bonds. The molecule has 422 valence electrons. The van der Waals surface area contributed by atoms with Crippen LogP contribution in [0.1, 0.15) is 49.9 Å². The van der Waals surface area contributed by atoms with E-state index in [1.54, 1.807) is 0 Å². The third-order valence-corrected chi connectivity index (χ3v) is 19.4. The fourth-order valence-corrected chi connectivity index (χ4v) is 14.8. The second-order valence-corrected chi connectivity index (χ2v) is 25.2. The lowest BCUT2D eigenvalue weighted by Crippen LogP contribution is -2.61. The van der Waals surface area contributed by atoms with Crippen molar-refractivity contribution in [2.75, 3.05) is 9.80 Å². The molecule has 17 rings (SSSR count). The van der Waals surface area contributed by atoms with E-state index in [0.717, 1.165) is 135 Å². The Kier molecular flexibility index (Phi) is 12.0. The largest absolute Gasteiger partial charge is 0.457 e. The van der Waals surface area contributed by atoms with Gasteiger partial charge in [0.05, 0.1) is 11.4 Å². The zero-order valence-electron chi connectivity index (χ0n) is 50.1. The minimum absolute atomic E-state index is 0.246. The Morgan fingerprint density at radius 3 is 1.12 bits per heavy atom. The molecule has 0 fully saturated rings. The van der Waals surface area contributed by atoms with Crippen LogP contribution in [0.2, 0.25) is 0 Å². The number of rotatable bonds is 8. The summed E-state index contributed by atoms with van der Waals surface area (Å²) in [7, 11) is 0. The van der Waals surface area contributed by atoms with Crippen LogP contribution in [0.5, 0.6) is 23.0 Å². The quantitative estimate of drug-likeness (QED) is 0.142. The molecular formula is C84H61BN2O2. The lowest BCUT2D eigenvalue weighted by Gasteiger charge is -2.46. The maximum absolute atomic E-state index is 7.21. The van der Waals surface area contributed by atoms with E-state index in [1.165, 1.54) is 27.5 Å². The van der Waals surface area contributed by atoms with Crippen molar-refractivity contribution in [2.24, 2.45) is 0 Å². The highest BCUT2D eigenvalue weighted by atomic mass is 16.5. The van der Waals surface area contributed by atoms with Crippen molar-refractivity contribution >= 4 is 57.2 Å². The molecule has 0 bridgehead atoms. The molecule has 0 atom stereocenters. The van der Waals surface area contributed by atoms with Crippen LogP contribution < -0.4 is 35.7 Å². The van der Waals surface area contributed by atoms with Crippen molar-refractivity contribution < 1.29 is 9.47 Å². The molecule has 5 heteroatoms. The van der Waals surface area contributed by atoms with Crippen LogP contribution in [0, 0.1) is 0 Å². The summed E-state index contributed by atoms with van der Waals surface area (Å²) in [5.41, 5.74) is 27.8. The van der Waals surface area contributed by atoms with E-state index in [0.29, 0.717) is 0 Å². The maximum atomic E-state index is 7.21. The first kappa shape index (κ1) is 52.5. The van der Waals surface area contributed by atoms with Crippen LogP contribution >= 0.6 is 0 Å². The summed E-state index contributed by atoms with van der Waals surface area (Å²) in [6, 6.07) is 110. The van der Waals surface area contributed by atoms with E-state index >= 15 is 0 Å². The predicted molar refractivity (Wildman–Crippen MR) is 370 cm³/mol. The molecule has 4 nitrogen and oxygen atoms in total. The second kappa shape index (κ2) is 20.4. The molecule has 0 aromatic heterocycles. The van der Waals surface area contributed by atoms with Crippen molar-refractivity contribution in [3.63, 3.8) is 0 Å². The van der Waals surface area contributed by atoms with E-state index in [2.05, 4.69) is 335 Å². The van der Waals surface area contributed by atoms with Crippen LogP contribution in [-0.2, 0) is 10.8 Å². The highest BCUT2D eigenvalue weighted by molar-refractivity contribution is 7.00. The Morgan fingerprint density at radius 1 is 0.247 bits per heavy atom. The highest BCUT2D eigenvalue weighted by Crippen LogP contribution is 2.56. The van der Waals surface area contributed by atoms with Gasteiger partial charge < -0.3 is 19.3 Å². The summed E-state index contributed by atoms with van der Waals surface area (Å²) >= 11 is 0. The standard InChI is InChI=1S/C84H61BN2O2/c1-83(2)66-34-20-22-36-78(66)88-80-45-41-61(48-68(80)83)63-50-76-82-77(51-63)87(73-43-39-60(55-26-12-6-13-27-55)47-65(73)58-32-18-9-19-33-58)75-52-69-81(89-79-37-23-21-35-67(79)84(69,3)4)53-71(75)85(82)70-49-62(56-28-14-7-15-29-56)40-44-74(70)86(76)72-42-38-59(54-24-10-5-11-25-54)46-64(72)57-30-16-8-17-31-57/h5-53H,1-4H3. The Balaban J connectivity index is 1.01. The van der Waals surface area contributed by atoms with Gasteiger partial charge in [0.2, 0.25) is 0 Å². The van der Waals surface area contributed by atoms with Gasteiger partial charge in [-0.3, -0.25) is 0 Å². The average Bonchev–Trinajstić information content (AvgIpc) is 0.711. The van der Waals surface area contributed by atoms with E-state index < -0.39 is 5.41 Å². The first-order chi connectivity index (χ1) is 43.6. The SMILES string of the molecule is CC1(C)c2ccccc2Oc2ccc(-c3cc4c5c(c3)N(c3ccc(-c6ccccc6)cc3-c3ccccc3)c3cc6c(cc3B5c3cc(-c5ccccc5)ccc3N4c3ccc(-c4ccccc4)cc3-c3ccccc3)Oc3ccccc3C6(C)C)cc21. The number of fused-ring (bicyclic) bond motifs is 8. The monoisotopic (exact) mass is 1140 g/mol. The summed E-state index contributed by atoms with van der Waals surface area (Å²) in [5.74, 6) is 3.55. The fourth-order valence-electron chi connectivity index (χ4n) is 14.8. The second-order valence-electron chi connectivity index (χ2n) is 25.2. The number of hydrogen-bond acceptors (Lipinski definition) is 4. The molecule has 13 aromatic carbocycles. The van der Waals surface area contributed by atoms with Crippen LogP contribution in [-0.4, -0.2) is 6.71 Å². The van der Waals surface area contributed by atoms with Gasteiger partial charge in [-0.1, -0.05) is 246 Å². The first-order valence-corrected chi connectivity index (χ1v) is 31.0. The van der Waals surface area contributed by atoms with E-state index in [1.807, 2.05) is 0 Å². The van der Waals surface area contributed by atoms with Gasteiger partial charge >= 0.3 is 0 Å². The fraction of sp³-hybridized carbons (Fsp3) is 0.0714. The van der Waals surface area contributed by atoms with Gasteiger partial charge in [-0.15, -0.1) is 0 Å². The van der Waals surface area contributed by atoms with E-state index in [9.17, 15) is 0 Å². The van der Waals surface area contributed by atoms with Crippen LogP contribution in [0.15, 0.2) is 297 Å². The van der Waals surface area contributed by atoms with Gasteiger partial charge in [0.25, 0.3) is 6.71 Å². The third-order valence-electron chi connectivity index (χ3n) is 19.4. The van der Waals surface area contributed by atoms with Crippen molar-refractivity contribution in [2.45, 2.75) is 38.5 Å². The first-order valence-electron chi connectivity index (χ1n) is 31.0. The smallest absolute Gasteiger partial charge is 0.252 e. The lowest BCUT2D eigenvalue weighted by molar-refractivity contribution is 0.418. The number of anilines is 6. The molecule has 4 aliphatic rings. The Bertz CT molecular complexity index is 4960. The number of para-hydroxylation sites is 2. The average molecular weight is 1140 g/mol. The van der Waals surface area contributed by atoms with Crippen molar-refractivity contribution in [1.82, 2.24) is 0 Å². The van der Waals surface area contributed by atoms with Crippen molar-refractivity contribution in [1.29, 1.82) is 0 Å². The Labute approximate surface area is 521 Å². The van der Waals surface area contributed by atoms with Gasteiger partial charge in [0.1, 0.15) is 23.0 Å². The molecule has 89 heavy (non-hydrogen) atoms. The summed E-state index contributed by atoms with van der Waals surface area (Å²) < 4.78 is 14.0. The molecular weight excluding hydrogens is 1080 g/mol. The summed E-state index contributed by atoms with van der Waals surface area (Å²) in [6.07, 6.45) is 0. The van der Waals surface area contributed by atoms with Crippen LogP contribution in [0.4, 0.5) is 34.1 Å². The van der Waals surface area contributed by atoms with Gasteiger partial charge in [0.15, 0.2) is 0 Å². The molecule has 0 saturated carbocycles. The molecule has 4 aliphatic heterocycles. The molecule has 0 spiro atoms. The normalized spacial score (nSPS) is 14.1.